The fourth-order valence-corrected chi connectivity index (χ4v) is 5.36. The molecular weight excluding hydrogens is 471 g/mol. The molecule has 3 heterocycles. The Morgan fingerprint density at radius 2 is 1.95 bits per heavy atom. The lowest BCUT2D eigenvalue weighted by Gasteiger charge is -2.32. The van der Waals surface area contributed by atoms with Crippen molar-refractivity contribution >= 4 is 17.4 Å². The van der Waals surface area contributed by atoms with Crippen LogP contribution in [0.1, 0.15) is 39.9 Å². The summed E-state index contributed by atoms with van der Waals surface area (Å²) in [6.07, 6.45) is 4.91. The molecule has 37 heavy (non-hydrogen) atoms. The Hall–Kier alpha value is -3.49. The third-order valence-electron chi connectivity index (χ3n) is 7.32. The van der Waals surface area contributed by atoms with Crippen LogP contribution in [0.2, 0.25) is 0 Å². The first kappa shape index (κ1) is 25.2. The lowest BCUT2D eigenvalue weighted by molar-refractivity contribution is 0.0902. The number of piperidine rings is 1. The van der Waals surface area contributed by atoms with Gasteiger partial charge in [-0.3, -0.25) is 4.79 Å². The SMILES string of the molecule is COc1ccc(Cc2ccnc(N3CCc4c(C(=O)NC5CCN(CCO)CC5)cccc43)c2)cc1F. The molecule has 5 rings (SSSR count). The molecule has 2 aliphatic rings. The molecule has 0 unspecified atom stereocenters. The van der Waals surface area contributed by atoms with Gasteiger partial charge in [-0.25, -0.2) is 9.37 Å². The molecule has 0 spiro atoms. The predicted octanol–water partition coefficient (Wildman–Crippen LogP) is 3.70. The highest BCUT2D eigenvalue weighted by Crippen LogP contribution is 2.36. The first-order chi connectivity index (χ1) is 18.1. The van der Waals surface area contributed by atoms with E-state index in [4.69, 9.17) is 9.84 Å². The second-order valence-corrected chi connectivity index (χ2v) is 9.69. The number of halogens is 1. The van der Waals surface area contributed by atoms with E-state index in [-0.39, 0.29) is 30.1 Å². The van der Waals surface area contributed by atoms with Gasteiger partial charge < -0.3 is 25.0 Å². The standard InChI is InChI=1S/C29H33FN4O3/c1-37-27-6-5-20(18-25(27)30)17-21-7-11-31-28(19-21)34-14-10-23-24(3-2-4-26(23)34)29(36)32-22-8-12-33(13-9-22)15-16-35/h2-7,11,18-19,22,35H,8-10,12-17H2,1H3,(H,32,36). The van der Waals surface area contributed by atoms with Crippen LogP contribution in [-0.2, 0) is 12.8 Å². The number of hydrogen-bond acceptors (Lipinski definition) is 6. The van der Waals surface area contributed by atoms with E-state index in [9.17, 15) is 9.18 Å². The topological polar surface area (TPSA) is 77.9 Å². The summed E-state index contributed by atoms with van der Waals surface area (Å²) in [5.74, 6) is 0.658. The summed E-state index contributed by atoms with van der Waals surface area (Å²) in [5.41, 5.74) is 4.67. The highest BCUT2D eigenvalue weighted by atomic mass is 19.1. The van der Waals surface area contributed by atoms with Crippen LogP contribution in [0.25, 0.3) is 0 Å². The number of hydrogen-bond donors (Lipinski definition) is 2. The molecule has 2 aromatic carbocycles. The predicted molar refractivity (Wildman–Crippen MR) is 141 cm³/mol. The zero-order valence-electron chi connectivity index (χ0n) is 21.1. The Labute approximate surface area is 216 Å². The van der Waals surface area contributed by atoms with Gasteiger partial charge in [-0.2, -0.15) is 0 Å². The van der Waals surface area contributed by atoms with Crippen molar-refractivity contribution in [2.75, 3.05) is 44.8 Å². The van der Waals surface area contributed by atoms with Crippen molar-refractivity contribution in [3.63, 3.8) is 0 Å². The van der Waals surface area contributed by atoms with E-state index < -0.39 is 0 Å². The molecule has 0 bridgehead atoms. The number of rotatable bonds is 8. The first-order valence-electron chi connectivity index (χ1n) is 12.9. The lowest BCUT2D eigenvalue weighted by Crippen LogP contribution is -2.45. The van der Waals surface area contributed by atoms with Crippen molar-refractivity contribution in [2.45, 2.75) is 31.7 Å². The van der Waals surface area contributed by atoms with E-state index in [0.29, 0.717) is 13.0 Å². The van der Waals surface area contributed by atoms with E-state index in [1.54, 1.807) is 12.3 Å². The van der Waals surface area contributed by atoms with Crippen molar-refractivity contribution in [3.8, 4) is 5.75 Å². The average molecular weight is 505 g/mol. The number of nitrogens with one attached hydrogen (secondary N) is 1. The van der Waals surface area contributed by atoms with Gasteiger partial charge in [0.25, 0.3) is 5.91 Å². The van der Waals surface area contributed by atoms with Crippen LogP contribution in [0.15, 0.2) is 54.7 Å². The van der Waals surface area contributed by atoms with Crippen molar-refractivity contribution in [1.82, 2.24) is 15.2 Å². The van der Waals surface area contributed by atoms with Crippen LogP contribution in [0.5, 0.6) is 5.75 Å². The number of aliphatic hydroxyl groups is 1. The van der Waals surface area contributed by atoms with Crippen LogP contribution < -0.4 is 15.0 Å². The number of carbonyl (C=O) groups excluding carboxylic acids is 1. The van der Waals surface area contributed by atoms with E-state index >= 15 is 0 Å². The maximum Gasteiger partial charge on any atom is 0.251 e. The van der Waals surface area contributed by atoms with Crippen LogP contribution in [0, 0.1) is 5.82 Å². The van der Waals surface area contributed by atoms with Crippen LogP contribution >= 0.6 is 0 Å². The number of benzene rings is 2. The quantitative estimate of drug-likeness (QED) is 0.487. The van der Waals surface area contributed by atoms with E-state index in [0.717, 1.165) is 72.7 Å². The zero-order chi connectivity index (χ0) is 25.8. The summed E-state index contributed by atoms with van der Waals surface area (Å²) in [5, 5.41) is 12.4. The summed E-state index contributed by atoms with van der Waals surface area (Å²) < 4.78 is 19.2. The Morgan fingerprint density at radius 3 is 2.70 bits per heavy atom. The molecule has 1 saturated heterocycles. The van der Waals surface area contributed by atoms with Crippen LogP contribution in [0.3, 0.4) is 0 Å². The van der Waals surface area contributed by atoms with Crippen molar-refractivity contribution in [2.24, 2.45) is 0 Å². The third-order valence-corrected chi connectivity index (χ3v) is 7.32. The van der Waals surface area contributed by atoms with Crippen molar-refractivity contribution < 1.29 is 19.0 Å². The molecule has 2 aliphatic heterocycles. The maximum absolute atomic E-state index is 14.2. The summed E-state index contributed by atoms with van der Waals surface area (Å²) in [6.45, 7) is 3.37. The Balaban J connectivity index is 1.29. The van der Waals surface area contributed by atoms with Gasteiger partial charge in [-0.05, 0) is 78.8 Å². The number of amides is 1. The van der Waals surface area contributed by atoms with Crippen molar-refractivity contribution in [3.05, 3.63) is 82.8 Å². The van der Waals surface area contributed by atoms with Gasteiger partial charge in [0, 0.05) is 49.7 Å². The van der Waals surface area contributed by atoms with Crippen LogP contribution in [0.4, 0.5) is 15.9 Å². The molecule has 0 radical (unpaired) electrons. The monoisotopic (exact) mass is 504 g/mol. The number of β-amino-alcohol motifs (C(OH)–C–C–N with tert-alkyl or cyclic N) is 1. The van der Waals surface area contributed by atoms with Crippen molar-refractivity contribution in [1.29, 1.82) is 0 Å². The number of carbonyl (C=O) groups is 1. The molecule has 1 fully saturated rings. The molecule has 3 aromatic rings. The minimum absolute atomic E-state index is 0.0254. The lowest BCUT2D eigenvalue weighted by atomic mass is 10.0. The smallest absolute Gasteiger partial charge is 0.251 e. The van der Waals surface area contributed by atoms with E-state index in [1.165, 1.54) is 13.2 Å². The molecule has 0 aliphatic carbocycles. The molecule has 1 amide bonds. The summed E-state index contributed by atoms with van der Waals surface area (Å²) in [4.78, 5) is 22.2. The fourth-order valence-electron chi connectivity index (χ4n) is 5.36. The number of aromatic nitrogens is 1. The Morgan fingerprint density at radius 1 is 1.14 bits per heavy atom. The highest BCUT2D eigenvalue weighted by molar-refractivity contribution is 5.98. The van der Waals surface area contributed by atoms with Gasteiger partial charge in [-0.15, -0.1) is 0 Å². The zero-order valence-corrected chi connectivity index (χ0v) is 21.1. The number of methoxy groups -OCH3 is 1. The molecule has 0 atom stereocenters. The van der Waals surface area contributed by atoms with Gasteiger partial charge in [0.05, 0.1) is 13.7 Å². The van der Waals surface area contributed by atoms with Gasteiger partial charge >= 0.3 is 0 Å². The number of fused-ring (bicyclic) bond motifs is 1. The Bertz CT molecular complexity index is 1260. The molecule has 0 saturated carbocycles. The number of anilines is 2. The second-order valence-electron chi connectivity index (χ2n) is 9.69. The summed E-state index contributed by atoms with van der Waals surface area (Å²) in [7, 11) is 1.46. The second kappa shape index (κ2) is 11.3. The average Bonchev–Trinajstić information content (AvgIpc) is 3.35. The molecule has 7 nitrogen and oxygen atoms in total. The van der Waals surface area contributed by atoms with Gasteiger partial charge in [0.1, 0.15) is 5.82 Å². The minimum atomic E-state index is -0.371. The number of ether oxygens (including phenoxy) is 1. The summed E-state index contributed by atoms with van der Waals surface area (Å²) in [6, 6.07) is 15.0. The van der Waals surface area contributed by atoms with E-state index in [1.807, 2.05) is 36.4 Å². The Kier molecular flexibility index (Phi) is 7.67. The molecular formula is C29H33FN4O3. The maximum atomic E-state index is 14.2. The third kappa shape index (κ3) is 5.60. The van der Waals surface area contributed by atoms with Crippen LogP contribution in [-0.4, -0.2) is 66.8 Å². The van der Waals surface area contributed by atoms with Gasteiger partial charge in [0.2, 0.25) is 0 Å². The summed E-state index contributed by atoms with van der Waals surface area (Å²) >= 11 is 0. The van der Waals surface area contributed by atoms with Gasteiger partial charge in [0.15, 0.2) is 11.6 Å². The minimum Gasteiger partial charge on any atom is -0.494 e. The fraction of sp³-hybridized carbons (Fsp3) is 0.379. The molecule has 194 valence electrons. The number of aliphatic hydroxyl groups excluding tert-OH is 1. The van der Waals surface area contributed by atoms with Gasteiger partial charge in [-0.1, -0.05) is 12.1 Å². The molecule has 1 aromatic heterocycles. The van der Waals surface area contributed by atoms with E-state index in [2.05, 4.69) is 20.1 Å². The number of likely N-dealkylation sites (tertiary alicyclic amines) is 1. The highest BCUT2D eigenvalue weighted by Gasteiger charge is 2.28. The molecule has 8 heteroatoms. The molecule has 2 N–H and O–H groups in total. The normalized spacial score (nSPS) is 16.0. The number of nitrogens with zero attached hydrogens (tertiary/aromatic N) is 3. The largest absolute Gasteiger partial charge is 0.494 e. The first-order valence-corrected chi connectivity index (χ1v) is 12.9. The number of pyridine rings is 1.